The Morgan fingerprint density at radius 1 is 0.971 bits per heavy atom. The van der Waals surface area contributed by atoms with Crippen LogP contribution in [0.1, 0.15) is 44.6 Å². The average molecular weight is 492 g/mol. The molecule has 35 heavy (non-hydrogen) atoms. The third-order valence-electron chi connectivity index (χ3n) is 6.19. The van der Waals surface area contributed by atoms with E-state index in [-0.39, 0.29) is 17.7 Å². The Bertz CT molecular complexity index is 1410. The maximum Gasteiger partial charge on any atom is 0.275 e. The number of nitrogens with zero attached hydrogens (tertiary/aromatic N) is 4. The lowest BCUT2D eigenvalue weighted by molar-refractivity contribution is 0.0713. The first-order chi connectivity index (χ1) is 17.1. The summed E-state index contributed by atoms with van der Waals surface area (Å²) in [6.07, 6.45) is 1.58. The number of carbonyl (C=O) groups is 2. The van der Waals surface area contributed by atoms with Crippen molar-refractivity contribution in [2.75, 3.05) is 31.6 Å². The van der Waals surface area contributed by atoms with Crippen molar-refractivity contribution in [1.82, 2.24) is 20.2 Å². The van der Waals surface area contributed by atoms with Gasteiger partial charge in [0.25, 0.3) is 11.8 Å². The highest BCUT2D eigenvalue weighted by molar-refractivity contribution is 7.10. The number of benzene rings is 2. The van der Waals surface area contributed by atoms with Gasteiger partial charge in [0.05, 0.1) is 5.01 Å². The topological polar surface area (TPSA) is 120 Å². The fourth-order valence-corrected chi connectivity index (χ4v) is 5.29. The smallest absolute Gasteiger partial charge is 0.275 e. The standard InChI is InChI=1S/C24H21N5O5S/c30-22(25-16-2-4-20-21(12-16)33-10-9-32-20)19-13-35-23(26-19)14-5-7-29(8-6-14)24(31)15-1-3-17-18(11-15)28-34-27-17/h1-4,11-14H,5-10H2,(H,25,30). The van der Waals surface area contributed by atoms with Gasteiger partial charge in [-0.25, -0.2) is 9.61 Å². The minimum Gasteiger partial charge on any atom is -0.486 e. The van der Waals surface area contributed by atoms with Crippen molar-refractivity contribution < 1.29 is 23.7 Å². The molecule has 1 saturated heterocycles. The summed E-state index contributed by atoms with van der Waals surface area (Å²) in [6, 6.07) is 10.5. The second-order valence-corrected chi connectivity index (χ2v) is 9.31. The summed E-state index contributed by atoms with van der Waals surface area (Å²) >= 11 is 1.48. The van der Waals surface area contributed by atoms with Gasteiger partial charge in [-0.1, -0.05) is 0 Å². The van der Waals surface area contributed by atoms with Crippen molar-refractivity contribution in [3.8, 4) is 11.5 Å². The lowest BCUT2D eigenvalue weighted by Gasteiger charge is -2.31. The molecule has 0 spiro atoms. The number of piperidine rings is 1. The maximum absolute atomic E-state index is 12.9. The Labute approximate surface area is 203 Å². The number of aromatic nitrogens is 3. The van der Waals surface area contributed by atoms with Crippen LogP contribution in [0.5, 0.6) is 11.5 Å². The molecule has 0 atom stereocenters. The highest BCUT2D eigenvalue weighted by Crippen LogP contribution is 2.34. The molecule has 0 radical (unpaired) electrons. The van der Waals surface area contributed by atoms with Gasteiger partial charge in [-0.15, -0.1) is 11.3 Å². The van der Waals surface area contributed by atoms with Gasteiger partial charge >= 0.3 is 0 Å². The van der Waals surface area contributed by atoms with E-state index in [0.717, 1.165) is 17.8 Å². The number of fused-ring (bicyclic) bond motifs is 2. The molecule has 0 saturated carbocycles. The van der Waals surface area contributed by atoms with E-state index in [4.69, 9.17) is 14.1 Å². The first-order valence-corrected chi connectivity index (χ1v) is 12.2. The van der Waals surface area contributed by atoms with E-state index in [2.05, 4.69) is 20.6 Å². The van der Waals surface area contributed by atoms with Crippen LogP contribution in [-0.2, 0) is 0 Å². The van der Waals surface area contributed by atoms with Crippen LogP contribution in [-0.4, -0.2) is 58.3 Å². The van der Waals surface area contributed by atoms with Crippen LogP contribution in [0.25, 0.3) is 11.0 Å². The molecule has 0 aliphatic carbocycles. The predicted molar refractivity (Wildman–Crippen MR) is 127 cm³/mol. The number of carbonyl (C=O) groups excluding carboxylic acids is 2. The zero-order valence-electron chi connectivity index (χ0n) is 18.6. The number of hydrogen-bond acceptors (Lipinski definition) is 9. The maximum atomic E-state index is 12.9. The molecule has 2 aromatic heterocycles. The van der Waals surface area contributed by atoms with Crippen LogP contribution in [0.3, 0.4) is 0 Å². The third kappa shape index (κ3) is 4.30. The normalized spacial score (nSPS) is 15.8. The predicted octanol–water partition coefficient (Wildman–Crippen LogP) is 3.72. The van der Waals surface area contributed by atoms with Gasteiger partial charge < -0.3 is 19.7 Å². The lowest BCUT2D eigenvalue weighted by atomic mass is 9.97. The summed E-state index contributed by atoms with van der Waals surface area (Å²) in [5.41, 5.74) is 2.76. The Hall–Kier alpha value is -3.99. The molecule has 4 aromatic rings. The Morgan fingerprint density at radius 3 is 2.63 bits per heavy atom. The van der Waals surface area contributed by atoms with E-state index in [0.29, 0.717) is 65.8 Å². The second-order valence-electron chi connectivity index (χ2n) is 8.42. The van der Waals surface area contributed by atoms with E-state index in [1.807, 2.05) is 4.90 Å². The molecule has 0 bridgehead atoms. The van der Waals surface area contributed by atoms with Gasteiger partial charge in [-0.3, -0.25) is 9.59 Å². The summed E-state index contributed by atoms with van der Waals surface area (Å²) in [4.78, 5) is 32.1. The van der Waals surface area contributed by atoms with Gasteiger partial charge in [-0.2, -0.15) is 0 Å². The van der Waals surface area contributed by atoms with Crippen LogP contribution in [0.4, 0.5) is 5.69 Å². The average Bonchev–Trinajstić information content (AvgIpc) is 3.58. The number of hydrogen-bond donors (Lipinski definition) is 1. The third-order valence-corrected chi connectivity index (χ3v) is 7.19. The summed E-state index contributed by atoms with van der Waals surface area (Å²) in [7, 11) is 0. The minimum atomic E-state index is -0.269. The fourth-order valence-electron chi connectivity index (χ4n) is 4.32. The number of likely N-dealkylation sites (tertiary alicyclic amines) is 1. The van der Waals surface area contributed by atoms with Crippen LogP contribution in [0.15, 0.2) is 46.4 Å². The largest absolute Gasteiger partial charge is 0.486 e. The zero-order valence-corrected chi connectivity index (χ0v) is 19.4. The quantitative estimate of drug-likeness (QED) is 0.459. The molecule has 0 unspecified atom stereocenters. The monoisotopic (exact) mass is 491 g/mol. The SMILES string of the molecule is O=C(Nc1ccc2c(c1)OCCO2)c1csc(C2CCN(C(=O)c3ccc4nonc4c3)CC2)n1. The van der Waals surface area contributed by atoms with Crippen molar-refractivity contribution >= 4 is 39.9 Å². The number of amides is 2. The van der Waals surface area contributed by atoms with Gasteiger partial charge in [0.2, 0.25) is 0 Å². The lowest BCUT2D eigenvalue weighted by Crippen LogP contribution is -2.37. The summed E-state index contributed by atoms with van der Waals surface area (Å²) in [5, 5.41) is 13.2. The van der Waals surface area contributed by atoms with E-state index in [1.165, 1.54) is 11.3 Å². The molecule has 1 N–H and O–H groups in total. The molecule has 4 heterocycles. The number of nitrogens with one attached hydrogen (secondary N) is 1. The Kier molecular flexibility index (Phi) is 5.53. The highest BCUT2D eigenvalue weighted by atomic mass is 32.1. The molecular weight excluding hydrogens is 470 g/mol. The van der Waals surface area contributed by atoms with E-state index in [1.54, 1.807) is 41.8 Å². The first kappa shape index (κ1) is 21.5. The minimum absolute atomic E-state index is 0.0352. The van der Waals surface area contributed by atoms with E-state index < -0.39 is 0 Å². The van der Waals surface area contributed by atoms with Crippen LogP contribution in [0.2, 0.25) is 0 Å². The van der Waals surface area contributed by atoms with Crippen LogP contribution >= 0.6 is 11.3 Å². The van der Waals surface area contributed by atoms with Crippen molar-refractivity contribution in [2.45, 2.75) is 18.8 Å². The number of rotatable bonds is 4. The van der Waals surface area contributed by atoms with E-state index >= 15 is 0 Å². The number of anilines is 1. The molecule has 11 heteroatoms. The highest BCUT2D eigenvalue weighted by Gasteiger charge is 2.27. The van der Waals surface area contributed by atoms with Gasteiger partial charge in [0.1, 0.15) is 29.9 Å². The molecule has 178 valence electrons. The molecule has 1 fully saturated rings. The van der Waals surface area contributed by atoms with E-state index in [9.17, 15) is 9.59 Å². The molecule has 2 aliphatic heterocycles. The van der Waals surface area contributed by atoms with Crippen molar-refractivity contribution in [3.63, 3.8) is 0 Å². The van der Waals surface area contributed by atoms with Crippen LogP contribution < -0.4 is 14.8 Å². The molecule has 2 amide bonds. The molecular formula is C24H21N5O5S. The summed E-state index contributed by atoms with van der Waals surface area (Å²) in [6.45, 7) is 2.25. The first-order valence-electron chi connectivity index (χ1n) is 11.3. The van der Waals surface area contributed by atoms with Crippen molar-refractivity contribution in [2.24, 2.45) is 0 Å². The number of thiazole rings is 1. The molecule has 2 aliphatic rings. The molecule has 2 aromatic carbocycles. The molecule has 6 rings (SSSR count). The Balaban J connectivity index is 1.07. The van der Waals surface area contributed by atoms with Gasteiger partial charge in [0.15, 0.2) is 11.5 Å². The Morgan fingerprint density at radius 2 is 1.77 bits per heavy atom. The summed E-state index contributed by atoms with van der Waals surface area (Å²) in [5.74, 6) is 1.20. The van der Waals surface area contributed by atoms with Crippen LogP contribution in [0, 0.1) is 0 Å². The zero-order chi connectivity index (χ0) is 23.8. The fraction of sp³-hybridized carbons (Fsp3) is 0.292. The van der Waals surface area contributed by atoms with Crippen molar-refractivity contribution in [3.05, 3.63) is 58.0 Å². The number of ether oxygens (including phenoxy) is 2. The molecule has 10 nitrogen and oxygen atoms in total. The van der Waals surface area contributed by atoms with Gasteiger partial charge in [-0.05, 0) is 53.5 Å². The summed E-state index contributed by atoms with van der Waals surface area (Å²) < 4.78 is 15.8. The second kappa shape index (κ2) is 8.99. The van der Waals surface area contributed by atoms with Gasteiger partial charge in [0, 0.05) is 41.7 Å². The van der Waals surface area contributed by atoms with Crippen molar-refractivity contribution in [1.29, 1.82) is 0 Å².